The summed E-state index contributed by atoms with van der Waals surface area (Å²) in [5.41, 5.74) is 4.51. The molecule has 2 heterocycles. The third kappa shape index (κ3) is 5.67. The van der Waals surface area contributed by atoms with Gasteiger partial charge in [-0.1, -0.05) is 65.1 Å². The minimum atomic E-state index is -0.407. The zero-order valence-electron chi connectivity index (χ0n) is 19.2. The van der Waals surface area contributed by atoms with E-state index >= 15 is 0 Å². The molecule has 0 atom stereocenters. The maximum atomic E-state index is 12.5. The van der Waals surface area contributed by atoms with E-state index in [1.54, 1.807) is 35.0 Å². The quantitative estimate of drug-likeness (QED) is 0.215. The van der Waals surface area contributed by atoms with Crippen LogP contribution in [0.5, 0.6) is 0 Å². The highest BCUT2D eigenvalue weighted by molar-refractivity contribution is 6.42. The number of carbonyl (C=O) groups is 1. The van der Waals surface area contributed by atoms with Crippen LogP contribution >= 0.6 is 34.8 Å². The summed E-state index contributed by atoms with van der Waals surface area (Å²) in [6, 6.07) is 21.3. The lowest BCUT2D eigenvalue weighted by atomic mass is 10.0. The zero-order chi connectivity index (χ0) is 25.9. The van der Waals surface area contributed by atoms with E-state index in [2.05, 4.69) is 26.0 Å². The predicted octanol–water partition coefficient (Wildman–Crippen LogP) is 6.41. The lowest BCUT2D eigenvalue weighted by Gasteiger charge is -2.13. The molecule has 0 fully saturated rings. The molecule has 0 aliphatic rings. The van der Waals surface area contributed by atoms with Gasteiger partial charge >= 0.3 is 6.03 Å². The molecule has 0 saturated carbocycles. The molecule has 0 bridgehead atoms. The molecule has 5 aromatic rings. The van der Waals surface area contributed by atoms with Gasteiger partial charge in [-0.3, -0.25) is 0 Å². The number of halogens is 3. The van der Waals surface area contributed by atoms with Gasteiger partial charge in [0, 0.05) is 40.8 Å². The summed E-state index contributed by atoms with van der Waals surface area (Å²) in [5, 5.41) is 14.6. The van der Waals surface area contributed by atoms with E-state index in [-0.39, 0.29) is 0 Å². The maximum Gasteiger partial charge on any atom is 0.323 e. The number of rotatable bonds is 6. The second kappa shape index (κ2) is 10.7. The highest BCUT2D eigenvalue weighted by Gasteiger charge is 2.13. The largest absolute Gasteiger partial charge is 0.366 e. The van der Waals surface area contributed by atoms with Crippen molar-refractivity contribution in [1.82, 2.24) is 14.6 Å². The summed E-state index contributed by atoms with van der Waals surface area (Å²) >= 11 is 18.4. The van der Waals surface area contributed by atoms with Gasteiger partial charge in [0.2, 0.25) is 0 Å². The van der Waals surface area contributed by atoms with Crippen LogP contribution < -0.4 is 21.4 Å². The fourth-order valence-corrected chi connectivity index (χ4v) is 4.26. The molecule has 5 rings (SSSR count). The Balaban J connectivity index is 1.33. The summed E-state index contributed by atoms with van der Waals surface area (Å²) in [6.07, 6.45) is 1.56. The van der Waals surface area contributed by atoms with Crippen molar-refractivity contribution in [2.24, 2.45) is 0 Å². The van der Waals surface area contributed by atoms with Crippen molar-refractivity contribution in [2.75, 3.05) is 16.0 Å². The highest BCUT2D eigenvalue weighted by Crippen LogP contribution is 2.29. The van der Waals surface area contributed by atoms with Crippen molar-refractivity contribution in [3.63, 3.8) is 0 Å². The second-order valence-electron chi connectivity index (χ2n) is 8.10. The van der Waals surface area contributed by atoms with Gasteiger partial charge in [0.1, 0.15) is 13.7 Å². The van der Waals surface area contributed by atoms with Gasteiger partial charge in [-0.05, 0) is 47.4 Å². The second-order valence-corrected chi connectivity index (χ2v) is 9.33. The van der Waals surface area contributed by atoms with Crippen molar-refractivity contribution in [1.29, 1.82) is 0 Å². The molecule has 2 radical (unpaired) electrons. The van der Waals surface area contributed by atoms with Gasteiger partial charge in [-0.15, -0.1) is 0 Å². The van der Waals surface area contributed by atoms with Gasteiger partial charge < -0.3 is 16.0 Å². The first-order valence-electron chi connectivity index (χ1n) is 11.1. The van der Waals surface area contributed by atoms with Crippen LogP contribution in [-0.2, 0) is 6.54 Å². The molecule has 2 amide bonds. The van der Waals surface area contributed by atoms with Gasteiger partial charge in [0.25, 0.3) is 0 Å². The first-order valence-corrected chi connectivity index (χ1v) is 12.3. The van der Waals surface area contributed by atoms with Crippen LogP contribution in [0.4, 0.5) is 22.0 Å². The third-order valence-electron chi connectivity index (χ3n) is 5.48. The van der Waals surface area contributed by atoms with E-state index in [9.17, 15) is 4.79 Å². The van der Waals surface area contributed by atoms with Crippen molar-refractivity contribution in [3.8, 4) is 11.3 Å². The Labute approximate surface area is 229 Å². The van der Waals surface area contributed by atoms with Gasteiger partial charge in [0.15, 0.2) is 5.65 Å². The lowest BCUT2D eigenvalue weighted by Crippen LogP contribution is -2.19. The molecule has 0 saturated heterocycles. The van der Waals surface area contributed by atoms with Crippen LogP contribution in [0.15, 0.2) is 79.0 Å². The fraction of sp³-hybridized carbons (Fsp3) is 0.0385. The first-order chi connectivity index (χ1) is 17.9. The number of fused-ring (bicyclic) bond motifs is 1. The molecule has 3 N–H and O–H groups in total. The minimum absolute atomic E-state index is 0.356. The van der Waals surface area contributed by atoms with E-state index in [0.29, 0.717) is 55.6 Å². The minimum Gasteiger partial charge on any atom is -0.366 e. The molecule has 3 aromatic carbocycles. The molecule has 0 spiro atoms. The average molecular weight is 548 g/mol. The Kier molecular flexibility index (Phi) is 7.23. The van der Waals surface area contributed by atoms with E-state index in [0.717, 1.165) is 11.1 Å². The maximum absolute atomic E-state index is 12.5. The van der Waals surface area contributed by atoms with Gasteiger partial charge in [-0.25, -0.2) is 9.78 Å². The summed E-state index contributed by atoms with van der Waals surface area (Å²) in [7, 11) is 6.11. The molecule has 182 valence electrons. The number of aromatic nitrogens is 3. The van der Waals surface area contributed by atoms with Crippen molar-refractivity contribution >= 4 is 77.0 Å². The van der Waals surface area contributed by atoms with Crippen LogP contribution in [0.25, 0.3) is 16.9 Å². The summed E-state index contributed by atoms with van der Waals surface area (Å²) in [5.74, 6) is 0.687. The number of hydrogen-bond acceptors (Lipinski definition) is 4. The van der Waals surface area contributed by atoms with Gasteiger partial charge in [0.05, 0.1) is 15.7 Å². The Morgan fingerprint density at radius 3 is 2.43 bits per heavy atom. The predicted molar refractivity (Wildman–Crippen MR) is 152 cm³/mol. The average Bonchev–Trinajstić information content (AvgIpc) is 3.26. The fourth-order valence-electron chi connectivity index (χ4n) is 3.73. The van der Waals surface area contributed by atoms with Crippen molar-refractivity contribution in [2.45, 2.75) is 6.54 Å². The molecule has 0 aliphatic heterocycles. The van der Waals surface area contributed by atoms with E-state index < -0.39 is 6.03 Å². The number of benzene rings is 3. The molecule has 11 heteroatoms. The standard InChI is InChI=1S/C26H18BCl3N6O/c27-19-14-32-36-24(12-23(35-25(19)36)18-6-1-2-7-20(18)28)31-13-15-4-3-5-16(10-15)33-26(37)34-17-8-9-21(29)22(30)11-17/h1-12,14,31H,13H2,(H2,33,34,37). The van der Waals surface area contributed by atoms with Crippen molar-refractivity contribution < 1.29 is 4.79 Å². The van der Waals surface area contributed by atoms with E-state index in [1.807, 2.05) is 48.5 Å². The number of amides is 2. The normalized spacial score (nSPS) is 10.9. The molecule has 0 unspecified atom stereocenters. The number of nitrogens with one attached hydrogen (secondary N) is 3. The summed E-state index contributed by atoms with van der Waals surface area (Å²) in [6.45, 7) is 0.449. The van der Waals surface area contributed by atoms with Crippen LogP contribution in [0, 0.1) is 0 Å². The number of nitrogens with zero attached hydrogens (tertiary/aromatic N) is 3. The van der Waals surface area contributed by atoms with Crippen LogP contribution in [0.3, 0.4) is 0 Å². The number of anilines is 3. The van der Waals surface area contributed by atoms with Crippen LogP contribution in [-0.4, -0.2) is 28.5 Å². The summed E-state index contributed by atoms with van der Waals surface area (Å²) in [4.78, 5) is 17.1. The molecular formula is C26H18BCl3N6O. The smallest absolute Gasteiger partial charge is 0.323 e. The lowest BCUT2D eigenvalue weighted by molar-refractivity contribution is 0.262. The Morgan fingerprint density at radius 1 is 0.865 bits per heavy atom. The first kappa shape index (κ1) is 25.0. The third-order valence-corrected chi connectivity index (χ3v) is 6.55. The SMILES string of the molecule is [B]c1cnn2c(NCc3cccc(NC(=O)Nc4ccc(Cl)c(Cl)c4)c3)cc(-c3ccccc3Cl)nc12. The number of urea groups is 1. The number of hydrogen-bond donors (Lipinski definition) is 3. The van der Waals surface area contributed by atoms with E-state index in [4.69, 9.17) is 42.6 Å². The topological polar surface area (TPSA) is 83.3 Å². The van der Waals surface area contributed by atoms with Crippen molar-refractivity contribution in [3.05, 3.63) is 99.6 Å². The Bertz CT molecular complexity index is 1620. The molecule has 2 aromatic heterocycles. The zero-order valence-corrected chi connectivity index (χ0v) is 21.4. The highest BCUT2D eigenvalue weighted by atomic mass is 35.5. The summed E-state index contributed by atoms with van der Waals surface area (Å²) < 4.78 is 1.64. The van der Waals surface area contributed by atoms with Crippen LogP contribution in [0.2, 0.25) is 15.1 Å². The Hall–Kier alpha value is -3.72. The molecule has 37 heavy (non-hydrogen) atoms. The van der Waals surface area contributed by atoms with E-state index in [1.165, 1.54) is 0 Å². The molecular weight excluding hydrogens is 529 g/mol. The monoisotopic (exact) mass is 546 g/mol. The number of carbonyl (C=O) groups excluding carboxylic acids is 1. The molecule has 0 aliphatic carbocycles. The Morgan fingerprint density at radius 2 is 1.65 bits per heavy atom. The molecule has 7 nitrogen and oxygen atoms in total. The van der Waals surface area contributed by atoms with Gasteiger partial charge in [-0.2, -0.15) is 9.61 Å². The van der Waals surface area contributed by atoms with Crippen LogP contribution in [0.1, 0.15) is 5.56 Å².